The topological polar surface area (TPSA) is 32.3 Å². The van der Waals surface area contributed by atoms with E-state index >= 15 is 0 Å². The summed E-state index contributed by atoms with van der Waals surface area (Å²) in [6, 6.07) is 0. The molecule has 0 saturated carbocycles. The molecule has 0 aromatic heterocycles. The van der Waals surface area contributed by atoms with E-state index in [1.165, 1.54) is 5.57 Å². The quantitative estimate of drug-likeness (QED) is 0.684. The zero-order valence-corrected chi connectivity index (χ0v) is 10.5. The summed E-state index contributed by atoms with van der Waals surface area (Å²) in [7, 11) is 4.25. The Kier molecular flexibility index (Phi) is 4.05. The minimum atomic E-state index is 0.253. The molecule has 0 bridgehead atoms. The van der Waals surface area contributed by atoms with Crippen LogP contribution in [0.2, 0.25) is 0 Å². The summed E-state index contributed by atoms with van der Waals surface area (Å²) in [6.07, 6.45) is 5.57. The first-order valence-electron chi connectivity index (χ1n) is 5.61. The Bertz CT molecular complexity index is 275. The van der Waals surface area contributed by atoms with Crippen LogP contribution in [0.25, 0.3) is 0 Å². The highest BCUT2D eigenvalue weighted by atomic mass is 15.1. The van der Waals surface area contributed by atoms with E-state index < -0.39 is 0 Å². The number of hydrogen-bond acceptors (Lipinski definition) is 2. The molecule has 0 unspecified atom stereocenters. The predicted octanol–water partition coefficient (Wildman–Crippen LogP) is 0.904. The first kappa shape index (κ1) is 12.4. The van der Waals surface area contributed by atoms with Crippen molar-refractivity contribution in [1.82, 2.24) is 4.90 Å². The molecule has 3 heteroatoms. The minimum Gasteiger partial charge on any atom is -0.325 e. The highest BCUT2D eigenvalue weighted by Crippen LogP contribution is 2.30. The van der Waals surface area contributed by atoms with E-state index in [9.17, 15) is 0 Å². The summed E-state index contributed by atoms with van der Waals surface area (Å²) in [4.78, 5) is 2.24. The van der Waals surface area contributed by atoms with Crippen molar-refractivity contribution in [2.45, 2.75) is 20.3 Å². The fraction of sp³-hybridized carbons (Fsp3) is 0.750. The summed E-state index contributed by atoms with van der Waals surface area (Å²) in [6.45, 7) is 7.34. The zero-order chi connectivity index (χ0) is 11.5. The molecule has 0 saturated heterocycles. The molecule has 0 aromatic rings. The Morgan fingerprint density at radius 2 is 2.13 bits per heavy atom. The lowest BCUT2D eigenvalue weighted by atomic mass is 9.83. The molecular formula is C12H24N3+. The van der Waals surface area contributed by atoms with Crippen molar-refractivity contribution in [3.63, 3.8) is 0 Å². The second kappa shape index (κ2) is 4.90. The van der Waals surface area contributed by atoms with E-state index in [-0.39, 0.29) is 5.41 Å². The number of nitrogens with two attached hydrogens (primary N) is 1. The molecule has 0 spiro atoms. The standard InChI is InChI=1S/C12H24N3/c1-12(2,10-14(3)4)11-5-7-15(9-11)8-6-13/h7,9H,5-6,8,10,13H2,1-4H3/q+1. The maximum absolute atomic E-state index is 5.54. The van der Waals surface area contributed by atoms with Crippen molar-refractivity contribution in [3.05, 3.63) is 11.8 Å². The lowest BCUT2D eigenvalue weighted by molar-refractivity contribution is -0.447. The molecule has 0 amide bonds. The van der Waals surface area contributed by atoms with Crippen molar-refractivity contribution >= 4 is 6.21 Å². The van der Waals surface area contributed by atoms with Crippen molar-refractivity contribution in [1.29, 1.82) is 0 Å². The SMILES string of the molecule is CN(C)CC(C)(C)C1=C[N+](CCN)=CC1. The largest absolute Gasteiger partial charge is 0.325 e. The van der Waals surface area contributed by atoms with Gasteiger partial charge in [-0.25, -0.2) is 4.58 Å². The molecule has 0 aliphatic carbocycles. The highest BCUT2D eigenvalue weighted by molar-refractivity contribution is 5.59. The van der Waals surface area contributed by atoms with Gasteiger partial charge in [0.1, 0.15) is 6.21 Å². The summed E-state index contributed by atoms with van der Waals surface area (Å²) < 4.78 is 2.22. The first-order chi connectivity index (χ1) is 6.95. The van der Waals surface area contributed by atoms with Crippen LogP contribution >= 0.6 is 0 Å². The lowest BCUT2D eigenvalue weighted by Crippen LogP contribution is -2.30. The van der Waals surface area contributed by atoms with Crippen molar-refractivity contribution in [2.24, 2.45) is 11.1 Å². The molecule has 1 aliphatic heterocycles. The molecule has 15 heavy (non-hydrogen) atoms. The predicted molar refractivity (Wildman–Crippen MR) is 65.3 cm³/mol. The van der Waals surface area contributed by atoms with Crippen LogP contribution in [-0.4, -0.2) is 49.4 Å². The fourth-order valence-corrected chi connectivity index (χ4v) is 2.17. The molecule has 1 heterocycles. The van der Waals surface area contributed by atoms with E-state index in [0.717, 1.165) is 19.5 Å². The zero-order valence-electron chi connectivity index (χ0n) is 10.5. The van der Waals surface area contributed by atoms with E-state index in [0.29, 0.717) is 6.54 Å². The monoisotopic (exact) mass is 210 g/mol. The summed E-state index contributed by atoms with van der Waals surface area (Å²) in [5.41, 5.74) is 7.30. The highest BCUT2D eigenvalue weighted by Gasteiger charge is 2.29. The van der Waals surface area contributed by atoms with Gasteiger partial charge in [-0.2, -0.15) is 0 Å². The van der Waals surface area contributed by atoms with Gasteiger partial charge in [-0.05, 0) is 14.1 Å². The number of nitrogens with zero attached hydrogens (tertiary/aromatic N) is 2. The van der Waals surface area contributed by atoms with E-state index in [1.807, 2.05) is 0 Å². The fourth-order valence-electron chi connectivity index (χ4n) is 2.17. The Morgan fingerprint density at radius 1 is 1.47 bits per heavy atom. The minimum absolute atomic E-state index is 0.253. The third kappa shape index (κ3) is 3.43. The molecule has 2 N–H and O–H groups in total. The third-order valence-electron chi connectivity index (χ3n) is 2.84. The van der Waals surface area contributed by atoms with Crippen molar-refractivity contribution in [3.8, 4) is 0 Å². The maximum Gasteiger partial charge on any atom is 0.168 e. The molecule has 0 radical (unpaired) electrons. The van der Waals surface area contributed by atoms with Gasteiger partial charge in [0, 0.05) is 17.5 Å². The number of hydrogen-bond donors (Lipinski definition) is 1. The van der Waals surface area contributed by atoms with Gasteiger partial charge in [0.2, 0.25) is 0 Å². The van der Waals surface area contributed by atoms with Crippen LogP contribution in [0.3, 0.4) is 0 Å². The summed E-state index contributed by atoms with van der Waals surface area (Å²) in [5.74, 6) is 0. The van der Waals surface area contributed by atoms with Crippen LogP contribution < -0.4 is 5.73 Å². The van der Waals surface area contributed by atoms with Gasteiger partial charge in [-0.3, -0.25) is 0 Å². The van der Waals surface area contributed by atoms with Crippen LogP contribution in [-0.2, 0) is 0 Å². The smallest absolute Gasteiger partial charge is 0.168 e. The molecule has 1 aliphatic rings. The van der Waals surface area contributed by atoms with E-state index in [1.54, 1.807) is 0 Å². The van der Waals surface area contributed by atoms with Crippen LogP contribution in [0.15, 0.2) is 11.8 Å². The molecule has 86 valence electrons. The molecule has 1 rings (SSSR count). The lowest BCUT2D eigenvalue weighted by Gasteiger charge is -2.28. The molecule has 0 aromatic carbocycles. The summed E-state index contributed by atoms with van der Waals surface area (Å²) >= 11 is 0. The molecule has 3 nitrogen and oxygen atoms in total. The normalized spacial score (nSPS) is 16.9. The van der Waals surface area contributed by atoms with E-state index in [4.69, 9.17) is 5.73 Å². The maximum atomic E-state index is 5.54. The Hall–Kier alpha value is -0.670. The molecular weight excluding hydrogens is 186 g/mol. The van der Waals surface area contributed by atoms with Gasteiger partial charge in [0.25, 0.3) is 0 Å². The van der Waals surface area contributed by atoms with Gasteiger partial charge in [0.15, 0.2) is 12.7 Å². The van der Waals surface area contributed by atoms with Crippen molar-refractivity contribution in [2.75, 3.05) is 33.7 Å². The van der Waals surface area contributed by atoms with Gasteiger partial charge < -0.3 is 10.6 Å². The van der Waals surface area contributed by atoms with Crippen LogP contribution in [0.1, 0.15) is 20.3 Å². The third-order valence-corrected chi connectivity index (χ3v) is 2.84. The number of rotatable bonds is 5. The average Bonchev–Trinajstić information content (AvgIpc) is 2.51. The molecule has 0 atom stereocenters. The van der Waals surface area contributed by atoms with Gasteiger partial charge >= 0.3 is 0 Å². The van der Waals surface area contributed by atoms with Gasteiger partial charge in [-0.1, -0.05) is 13.8 Å². The Morgan fingerprint density at radius 3 is 2.67 bits per heavy atom. The van der Waals surface area contributed by atoms with Crippen molar-refractivity contribution < 1.29 is 4.58 Å². The van der Waals surface area contributed by atoms with Crippen LogP contribution in [0.4, 0.5) is 0 Å². The first-order valence-corrected chi connectivity index (χ1v) is 5.61. The van der Waals surface area contributed by atoms with Gasteiger partial charge in [-0.15, -0.1) is 0 Å². The molecule has 0 fully saturated rings. The second-order valence-corrected chi connectivity index (χ2v) is 5.19. The summed E-state index contributed by atoms with van der Waals surface area (Å²) in [5, 5.41) is 0. The van der Waals surface area contributed by atoms with Crippen LogP contribution in [0, 0.1) is 5.41 Å². The second-order valence-electron chi connectivity index (χ2n) is 5.19. The van der Waals surface area contributed by atoms with Crippen LogP contribution in [0.5, 0.6) is 0 Å². The average molecular weight is 210 g/mol. The van der Waals surface area contributed by atoms with E-state index in [2.05, 4.69) is 49.8 Å². The Balaban J connectivity index is 2.63. The van der Waals surface area contributed by atoms with Gasteiger partial charge in [0.05, 0.1) is 13.0 Å². The Labute approximate surface area is 93.3 Å².